The van der Waals surface area contributed by atoms with E-state index in [1.165, 1.54) is 23.0 Å². The molecular weight excluding hydrogens is 628 g/mol. The zero-order valence-corrected chi connectivity index (χ0v) is 24.7. The number of thiazole rings is 1. The van der Waals surface area contributed by atoms with E-state index in [9.17, 15) is 9.59 Å². The van der Waals surface area contributed by atoms with Crippen LogP contribution in [0, 0.1) is 0 Å². The number of methoxy groups -OCH3 is 3. The number of hydrogen-bond donors (Lipinski definition) is 0. The van der Waals surface area contributed by atoms with E-state index in [-0.39, 0.29) is 17.7 Å². The van der Waals surface area contributed by atoms with Gasteiger partial charge in [0.15, 0.2) is 4.80 Å². The monoisotopic (exact) mass is 650 g/mol. The van der Waals surface area contributed by atoms with Gasteiger partial charge in [-0.15, -0.1) is 0 Å². The van der Waals surface area contributed by atoms with E-state index in [1.807, 2.05) is 12.1 Å². The number of rotatable bonds is 7. The van der Waals surface area contributed by atoms with E-state index in [1.54, 1.807) is 52.3 Å². The second-order valence-corrected chi connectivity index (χ2v) is 10.7. The lowest BCUT2D eigenvalue weighted by Gasteiger charge is -2.26. The van der Waals surface area contributed by atoms with Crippen LogP contribution < -0.4 is 29.1 Å². The highest BCUT2D eigenvalue weighted by Gasteiger charge is 2.35. The number of nitrogens with zero attached hydrogens (tertiary/aromatic N) is 2. The highest BCUT2D eigenvalue weighted by atomic mass is 79.9. The van der Waals surface area contributed by atoms with Crippen LogP contribution in [-0.4, -0.2) is 38.5 Å². The predicted molar refractivity (Wildman–Crippen MR) is 148 cm³/mol. The first kappa shape index (κ1) is 27.2. The highest BCUT2D eigenvalue weighted by Crippen LogP contribution is 2.38. The van der Waals surface area contributed by atoms with Gasteiger partial charge in [0.2, 0.25) is 0 Å². The zero-order valence-electron chi connectivity index (χ0n) is 20.8. The summed E-state index contributed by atoms with van der Waals surface area (Å²) in [6.45, 7) is 3.65. The quantitative estimate of drug-likeness (QED) is 0.353. The third-order valence-electron chi connectivity index (χ3n) is 5.78. The maximum absolute atomic E-state index is 13.9. The Morgan fingerprint density at radius 2 is 1.89 bits per heavy atom. The average molecular weight is 652 g/mol. The lowest BCUT2D eigenvalue weighted by molar-refractivity contribution is -0.139. The van der Waals surface area contributed by atoms with Crippen LogP contribution in [0.1, 0.15) is 31.0 Å². The smallest absolute Gasteiger partial charge is 0.338 e. The van der Waals surface area contributed by atoms with Crippen molar-refractivity contribution in [1.82, 2.24) is 4.57 Å². The van der Waals surface area contributed by atoms with Crippen LogP contribution in [0.3, 0.4) is 0 Å². The first-order valence-corrected chi connectivity index (χ1v) is 13.6. The Morgan fingerprint density at radius 1 is 1.14 bits per heavy atom. The van der Waals surface area contributed by atoms with Gasteiger partial charge in [-0.3, -0.25) is 9.36 Å². The molecule has 3 aromatic rings. The van der Waals surface area contributed by atoms with Crippen molar-refractivity contribution in [2.24, 2.45) is 4.99 Å². The molecule has 0 amide bonds. The zero-order chi connectivity index (χ0) is 26.9. The summed E-state index contributed by atoms with van der Waals surface area (Å²) in [5.41, 5.74) is 1.74. The molecule has 0 saturated carbocycles. The summed E-state index contributed by atoms with van der Waals surface area (Å²) in [4.78, 5) is 32.1. The third kappa shape index (κ3) is 5.12. The summed E-state index contributed by atoms with van der Waals surface area (Å²) in [5, 5.41) is 0. The predicted octanol–water partition coefficient (Wildman–Crippen LogP) is 4.35. The van der Waals surface area contributed by atoms with Crippen LogP contribution >= 0.6 is 43.2 Å². The second-order valence-electron chi connectivity index (χ2n) is 7.92. The molecule has 1 atom stereocenters. The van der Waals surface area contributed by atoms with Gasteiger partial charge in [-0.05, 0) is 60.1 Å². The minimum Gasteiger partial charge on any atom is -0.497 e. The number of allylic oxidation sites excluding steroid dienone is 1. The molecular formula is C26H24Br2N2O6S. The molecule has 8 nitrogen and oxygen atoms in total. The van der Waals surface area contributed by atoms with Crippen LogP contribution in [0.2, 0.25) is 0 Å². The van der Waals surface area contributed by atoms with Crippen molar-refractivity contribution in [1.29, 1.82) is 0 Å². The van der Waals surface area contributed by atoms with Crippen molar-refractivity contribution >= 4 is 55.2 Å². The molecule has 0 N–H and O–H groups in total. The van der Waals surface area contributed by atoms with Crippen molar-refractivity contribution in [3.63, 3.8) is 0 Å². The van der Waals surface area contributed by atoms with Gasteiger partial charge in [0, 0.05) is 21.7 Å². The molecule has 4 rings (SSSR count). The van der Waals surface area contributed by atoms with Gasteiger partial charge in [-0.1, -0.05) is 27.3 Å². The Hall–Kier alpha value is -2.89. The standard InChI is InChI=1S/C26H24Br2N2O6S/c1-6-36-25(32)21-13(2)29-26-30(22(21)17-8-7-16(33-3)12-19(17)34-4)24(31)20(37-26)10-14-9-15(27)11-18(28)23(14)35-5/h7-12,22H,6H2,1-5H3/b20-10-/t22-/m1/s1. The van der Waals surface area contributed by atoms with E-state index < -0.39 is 12.0 Å². The van der Waals surface area contributed by atoms with Gasteiger partial charge in [0.25, 0.3) is 5.56 Å². The maximum atomic E-state index is 13.9. The van der Waals surface area contributed by atoms with Crippen molar-refractivity contribution in [2.75, 3.05) is 27.9 Å². The van der Waals surface area contributed by atoms with Gasteiger partial charge >= 0.3 is 5.97 Å². The normalized spacial score (nSPS) is 15.2. The van der Waals surface area contributed by atoms with Crippen molar-refractivity contribution in [2.45, 2.75) is 19.9 Å². The SMILES string of the molecule is CCOC(=O)C1=C(C)N=c2s/c(=C\c3cc(Br)cc(Br)c3OC)c(=O)n2[C@@H]1c1ccc(OC)cc1OC. The number of esters is 1. The van der Waals surface area contributed by atoms with E-state index >= 15 is 0 Å². The van der Waals surface area contributed by atoms with E-state index in [0.717, 1.165) is 8.95 Å². The number of fused-ring (bicyclic) bond motifs is 1. The molecule has 1 aliphatic heterocycles. The van der Waals surface area contributed by atoms with Crippen LogP contribution in [-0.2, 0) is 9.53 Å². The number of aromatic nitrogens is 1. The summed E-state index contributed by atoms with van der Waals surface area (Å²) in [6, 6.07) is 8.17. The van der Waals surface area contributed by atoms with E-state index in [4.69, 9.17) is 18.9 Å². The lowest BCUT2D eigenvalue weighted by atomic mass is 9.95. The molecule has 0 bridgehead atoms. The van der Waals surface area contributed by atoms with Gasteiger partial charge in [0.1, 0.15) is 23.3 Å². The summed E-state index contributed by atoms with van der Waals surface area (Å²) in [6.07, 6.45) is 1.75. The number of halogens is 2. The molecule has 194 valence electrons. The Bertz CT molecular complexity index is 1590. The highest BCUT2D eigenvalue weighted by molar-refractivity contribution is 9.11. The molecule has 0 unspecified atom stereocenters. The maximum Gasteiger partial charge on any atom is 0.338 e. The van der Waals surface area contributed by atoms with E-state index in [2.05, 4.69) is 36.9 Å². The van der Waals surface area contributed by atoms with Gasteiger partial charge in [0.05, 0.1) is 48.2 Å². The number of carbonyl (C=O) groups is 1. The van der Waals surface area contributed by atoms with Crippen LogP contribution in [0.25, 0.3) is 6.08 Å². The Labute approximate surface area is 234 Å². The fourth-order valence-corrected chi connectivity index (χ4v) is 6.63. The topological polar surface area (TPSA) is 88.4 Å². The van der Waals surface area contributed by atoms with Crippen LogP contribution in [0.15, 0.2) is 60.3 Å². The Balaban J connectivity index is 2.02. The van der Waals surface area contributed by atoms with Crippen molar-refractivity contribution < 1.29 is 23.7 Å². The molecule has 2 heterocycles. The molecule has 0 spiro atoms. The van der Waals surface area contributed by atoms with Crippen LogP contribution in [0.5, 0.6) is 17.2 Å². The second kappa shape index (κ2) is 11.2. The first-order chi connectivity index (χ1) is 17.7. The minimum atomic E-state index is -0.811. The molecule has 37 heavy (non-hydrogen) atoms. The Morgan fingerprint density at radius 3 is 2.54 bits per heavy atom. The average Bonchev–Trinajstić information content (AvgIpc) is 3.16. The van der Waals surface area contributed by atoms with Gasteiger partial charge in [-0.2, -0.15) is 0 Å². The molecule has 1 aliphatic rings. The summed E-state index contributed by atoms with van der Waals surface area (Å²) in [5.74, 6) is 1.09. The molecule has 0 saturated heterocycles. The van der Waals surface area contributed by atoms with E-state index in [0.29, 0.717) is 43.4 Å². The summed E-state index contributed by atoms with van der Waals surface area (Å²) < 4.78 is 25.4. The fraction of sp³-hybridized carbons (Fsp3) is 0.269. The first-order valence-electron chi connectivity index (χ1n) is 11.2. The lowest BCUT2D eigenvalue weighted by Crippen LogP contribution is -2.40. The molecule has 0 aliphatic carbocycles. The molecule has 0 radical (unpaired) electrons. The third-order valence-corrected chi connectivity index (χ3v) is 7.81. The number of benzene rings is 2. The Kier molecular flexibility index (Phi) is 8.25. The molecule has 1 aromatic heterocycles. The number of ether oxygens (including phenoxy) is 4. The number of carbonyl (C=O) groups excluding carboxylic acids is 1. The summed E-state index contributed by atoms with van der Waals surface area (Å²) >= 11 is 8.23. The largest absolute Gasteiger partial charge is 0.497 e. The molecule has 0 fully saturated rings. The van der Waals surface area contributed by atoms with Crippen molar-refractivity contribution in [3.8, 4) is 17.2 Å². The van der Waals surface area contributed by atoms with Gasteiger partial charge in [-0.25, -0.2) is 9.79 Å². The number of hydrogen-bond acceptors (Lipinski definition) is 8. The van der Waals surface area contributed by atoms with Gasteiger partial charge < -0.3 is 18.9 Å². The molecule has 11 heteroatoms. The summed E-state index contributed by atoms with van der Waals surface area (Å²) in [7, 11) is 4.65. The fourth-order valence-electron chi connectivity index (χ4n) is 4.17. The van der Waals surface area contributed by atoms with Crippen molar-refractivity contribution in [3.05, 3.63) is 81.4 Å². The minimum absolute atomic E-state index is 0.185. The molecule has 2 aromatic carbocycles. The van der Waals surface area contributed by atoms with Crippen LogP contribution in [0.4, 0.5) is 0 Å².